The molecule has 3 rings (SSSR count). The lowest BCUT2D eigenvalue weighted by molar-refractivity contribution is 1.00. The Balaban J connectivity index is 2.46. The van der Waals surface area contributed by atoms with Gasteiger partial charge in [0.2, 0.25) is 0 Å². The number of nitrogens with zero attached hydrogens (tertiary/aromatic N) is 2. The predicted molar refractivity (Wildman–Crippen MR) is 72.1 cm³/mol. The maximum atomic E-state index is 12.1. The third-order valence-electron chi connectivity index (χ3n) is 3.01. The standard InChI is InChI=1S/C15H12N2O/c1-11-6-2-4-8-13(11)17-14-9-5-3-7-12(14)16-10-15(17)18/h2-10H,1H3. The van der Waals surface area contributed by atoms with Crippen LogP contribution < -0.4 is 5.56 Å². The molecule has 0 aliphatic heterocycles. The fraction of sp³-hybridized carbons (Fsp3) is 0.0667. The second-order valence-electron chi connectivity index (χ2n) is 4.21. The van der Waals surface area contributed by atoms with Crippen molar-refractivity contribution in [1.29, 1.82) is 0 Å². The van der Waals surface area contributed by atoms with Gasteiger partial charge >= 0.3 is 0 Å². The van der Waals surface area contributed by atoms with Gasteiger partial charge in [-0.05, 0) is 30.7 Å². The Kier molecular flexibility index (Phi) is 2.45. The topological polar surface area (TPSA) is 34.9 Å². The Labute approximate surface area is 104 Å². The number of fused-ring (bicyclic) bond motifs is 1. The number of aromatic nitrogens is 2. The number of hydrogen-bond donors (Lipinski definition) is 0. The maximum Gasteiger partial charge on any atom is 0.274 e. The number of rotatable bonds is 1. The molecule has 0 aliphatic rings. The van der Waals surface area contributed by atoms with Crippen LogP contribution in [0.2, 0.25) is 0 Å². The predicted octanol–water partition coefficient (Wildman–Crippen LogP) is 2.69. The van der Waals surface area contributed by atoms with Gasteiger partial charge < -0.3 is 0 Å². The summed E-state index contributed by atoms with van der Waals surface area (Å²) in [6, 6.07) is 15.5. The van der Waals surface area contributed by atoms with Crippen molar-refractivity contribution in [3.63, 3.8) is 0 Å². The van der Waals surface area contributed by atoms with E-state index in [2.05, 4.69) is 4.98 Å². The van der Waals surface area contributed by atoms with E-state index in [9.17, 15) is 4.79 Å². The van der Waals surface area contributed by atoms with Crippen molar-refractivity contribution in [2.24, 2.45) is 0 Å². The quantitative estimate of drug-likeness (QED) is 0.651. The molecule has 0 bridgehead atoms. The van der Waals surface area contributed by atoms with Crippen molar-refractivity contribution >= 4 is 11.0 Å². The summed E-state index contributed by atoms with van der Waals surface area (Å²) in [5.41, 5.74) is 3.51. The molecule has 0 unspecified atom stereocenters. The first-order valence-corrected chi connectivity index (χ1v) is 5.80. The molecule has 18 heavy (non-hydrogen) atoms. The summed E-state index contributed by atoms with van der Waals surface area (Å²) in [5, 5.41) is 0. The molecule has 0 spiro atoms. The minimum atomic E-state index is -0.108. The lowest BCUT2D eigenvalue weighted by Crippen LogP contribution is -2.19. The van der Waals surface area contributed by atoms with Crippen molar-refractivity contribution in [2.75, 3.05) is 0 Å². The van der Waals surface area contributed by atoms with E-state index in [-0.39, 0.29) is 5.56 Å². The fourth-order valence-electron chi connectivity index (χ4n) is 2.13. The van der Waals surface area contributed by atoms with E-state index in [1.54, 1.807) is 4.57 Å². The highest BCUT2D eigenvalue weighted by Crippen LogP contribution is 2.17. The zero-order chi connectivity index (χ0) is 12.5. The fourth-order valence-corrected chi connectivity index (χ4v) is 2.13. The lowest BCUT2D eigenvalue weighted by Gasteiger charge is -2.11. The van der Waals surface area contributed by atoms with Gasteiger partial charge in [0.25, 0.3) is 5.56 Å². The first-order chi connectivity index (χ1) is 8.77. The van der Waals surface area contributed by atoms with Crippen molar-refractivity contribution in [3.8, 4) is 5.69 Å². The summed E-state index contributed by atoms with van der Waals surface area (Å²) in [4.78, 5) is 16.2. The molecule has 0 N–H and O–H groups in total. The molecular weight excluding hydrogens is 224 g/mol. The van der Waals surface area contributed by atoms with Gasteiger partial charge in [0, 0.05) is 0 Å². The van der Waals surface area contributed by atoms with Crippen molar-refractivity contribution in [1.82, 2.24) is 9.55 Å². The average molecular weight is 236 g/mol. The van der Waals surface area contributed by atoms with Gasteiger partial charge in [0.05, 0.1) is 22.9 Å². The monoisotopic (exact) mass is 236 g/mol. The van der Waals surface area contributed by atoms with Crippen LogP contribution in [0.5, 0.6) is 0 Å². The minimum absolute atomic E-state index is 0.108. The minimum Gasteiger partial charge on any atom is -0.274 e. The molecule has 0 aliphatic carbocycles. The number of para-hydroxylation sites is 3. The smallest absolute Gasteiger partial charge is 0.274 e. The second kappa shape index (κ2) is 4.11. The normalized spacial score (nSPS) is 10.7. The highest BCUT2D eigenvalue weighted by molar-refractivity contribution is 5.76. The summed E-state index contributed by atoms with van der Waals surface area (Å²) in [7, 11) is 0. The molecule has 2 aromatic carbocycles. The molecule has 0 saturated heterocycles. The summed E-state index contributed by atoms with van der Waals surface area (Å²) < 4.78 is 1.71. The van der Waals surface area contributed by atoms with Crippen LogP contribution in [0.25, 0.3) is 16.7 Å². The van der Waals surface area contributed by atoms with Crippen molar-refractivity contribution in [3.05, 3.63) is 70.6 Å². The van der Waals surface area contributed by atoms with Gasteiger partial charge in [0.15, 0.2) is 0 Å². The van der Waals surface area contributed by atoms with Crippen molar-refractivity contribution in [2.45, 2.75) is 6.92 Å². The summed E-state index contributed by atoms with van der Waals surface area (Å²) in [5.74, 6) is 0. The summed E-state index contributed by atoms with van der Waals surface area (Å²) in [6.45, 7) is 2.00. The van der Waals surface area contributed by atoms with Crippen LogP contribution in [0.1, 0.15) is 5.56 Å². The maximum absolute atomic E-state index is 12.1. The van der Waals surface area contributed by atoms with E-state index in [0.717, 1.165) is 22.3 Å². The van der Waals surface area contributed by atoms with Crippen molar-refractivity contribution < 1.29 is 0 Å². The second-order valence-corrected chi connectivity index (χ2v) is 4.21. The van der Waals surface area contributed by atoms with E-state index in [1.165, 1.54) is 6.20 Å². The molecule has 3 nitrogen and oxygen atoms in total. The van der Waals surface area contributed by atoms with Gasteiger partial charge in [-0.15, -0.1) is 0 Å². The largest absolute Gasteiger partial charge is 0.274 e. The van der Waals surface area contributed by atoms with E-state index in [1.807, 2.05) is 55.5 Å². The number of benzene rings is 2. The molecule has 1 heterocycles. The van der Waals surface area contributed by atoms with Crippen LogP contribution in [0.3, 0.4) is 0 Å². The number of hydrogen-bond acceptors (Lipinski definition) is 2. The Hall–Kier alpha value is -2.42. The number of aryl methyl sites for hydroxylation is 1. The van der Waals surface area contributed by atoms with Crippen LogP contribution in [-0.2, 0) is 0 Å². The Morgan fingerprint density at radius 1 is 1.00 bits per heavy atom. The summed E-state index contributed by atoms with van der Waals surface area (Å²) >= 11 is 0. The van der Waals surface area contributed by atoms with Gasteiger partial charge in [0.1, 0.15) is 0 Å². The summed E-state index contributed by atoms with van der Waals surface area (Å²) in [6.07, 6.45) is 1.37. The molecule has 3 heteroatoms. The molecule has 0 saturated carbocycles. The van der Waals surface area contributed by atoms with E-state index in [4.69, 9.17) is 0 Å². The van der Waals surface area contributed by atoms with Crippen LogP contribution in [0.15, 0.2) is 59.5 Å². The lowest BCUT2D eigenvalue weighted by atomic mass is 10.2. The Bertz CT molecular complexity index is 775. The van der Waals surface area contributed by atoms with Crippen LogP contribution in [-0.4, -0.2) is 9.55 Å². The van der Waals surface area contributed by atoms with E-state index >= 15 is 0 Å². The van der Waals surface area contributed by atoms with Crippen LogP contribution in [0.4, 0.5) is 0 Å². The van der Waals surface area contributed by atoms with Gasteiger partial charge in [-0.3, -0.25) is 9.36 Å². The SMILES string of the molecule is Cc1ccccc1-n1c(=O)cnc2ccccc21. The molecular formula is C15H12N2O. The first kappa shape index (κ1) is 10.7. The third kappa shape index (κ3) is 1.61. The van der Waals surface area contributed by atoms with Gasteiger partial charge in [-0.1, -0.05) is 30.3 Å². The van der Waals surface area contributed by atoms with Crippen LogP contribution >= 0.6 is 0 Å². The highest BCUT2D eigenvalue weighted by atomic mass is 16.1. The highest BCUT2D eigenvalue weighted by Gasteiger charge is 2.07. The van der Waals surface area contributed by atoms with E-state index < -0.39 is 0 Å². The molecule has 0 amide bonds. The Morgan fingerprint density at radius 3 is 2.56 bits per heavy atom. The van der Waals surface area contributed by atoms with Gasteiger partial charge in [-0.2, -0.15) is 0 Å². The third-order valence-corrected chi connectivity index (χ3v) is 3.01. The first-order valence-electron chi connectivity index (χ1n) is 5.80. The molecule has 0 fully saturated rings. The molecule has 88 valence electrons. The average Bonchev–Trinajstić information content (AvgIpc) is 2.40. The zero-order valence-electron chi connectivity index (χ0n) is 10.00. The van der Waals surface area contributed by atoms with Crippen LogP contribution in [0, 0.1) is 6.92 Å². The zero-order valence-corrected chi connectivity index (χ0v) is 10.00. The van der Waals surface area contributed by atoms with Gasteiger partial charge in [-0.25, -0.2) is 4.98 Å². The molecule has 3 aromatic rings. The molecule has 0 atom stereocenters. The molecule has 0 radical (unpaired) electrons. The van der Waals surface area contributed by atoms with E-state index in [0.29, 0.717) is 0 Å². The Morgan fingerprint density at radius 2 is 1.72 bits per heavy atom. The molecule has 1 aromatic heterocycles.